The van der Waals surface area contributed by atoms with Crippen LogP contribution in [0.2, 0.25) is 0 Å². The van der Waals surface area contributed by atoms with E-state index in [2.05, 4.69) is 0 Å². The van der Waals surface area contributed by atoms with Gasteiger partial charge in [-0.25, -0.2) is 8.78 Å². The van der Waals surface area contributed by atoms with Gasteiger partial charge in [0.1, 0.15) is 6.01 Å². The summed E-state index contributed by atoms with van der Waals surface area (Å²) in [4.78, 5) is 38.0. The molecule has 0 spiro atoms. The van der Waals surface area contributed by atoms with Crippen molar-refractivity contribution in [2.75, 3.05) is 6.01 Å². The summed E-state index contributed by atoms with van der Waals surface area (Å²) >= 11 is 7.17. The number of hydrogen-bond acceptors (Lipinski definition) is 6. The fraction of sp³-hybridized carbons (Fsp3) is 0.720. The van der Waals surface area contributed by atoms with Crippen molar-refractivity contribution in [3.8, 4) is 0 Å². The Kier molecular flexibility index (Phi) is 6.39. The first-order valence-electron chi connectivity index (χ1n) is 11.7. The number of rotatable bonds is 4. The highest BCUT2D eigenvalue weighted by Crippen LogP contribution is 2.72. The highest BCUT2D eigenvalue weighted by Gasteiger charge is 2.78. The second kappa shape index (κ2) is 8.41. The highest BCUT2D eigenvalue weighted by molar-refractivity contribution is 8.13. The third-order valence-corrected chi connectivity index (χ3v) is 10.3. The Balaban J connectivity index is 1.87. The van der Waals surface area contributed by atoms with Crippen LogP contribution in [0.3, 0.4) is 0 Å². The molecule has 0 radical (unpaired) electrons. The van der Waals surface area contributed by atoms with Gasteiger partial charge < -0.3 is 9.84 Å². The van der Waals surface area contributed by atoms with Gasteiger partial charge >= 0.3 is 5.97 Å². The van der Waals surface area contributed by atoms with Gasteiger partial charge in [0, 0.05) is 29.1 Å². The largest absolute Gasteiger partial charge is 0.449 e. The zero-order valence-electron chi connectivity index (χ0n) is 19.8. The van der Waals surface area contributed by atoms with Crippen LogP contribution >= 0.6 is 23.4 Å². The van der Waals surface area contributed by atoms with Crippen LogP contribution in [0.1, 0.15) is 53.4 Å². The van der Waals surface area contributed by atoms with Gasteiger partial charge in [0.25, 0.3) is 0 Å². The number of hydrogen-bond donors (Lipinski definition) is 1. The lowest BCUT2D eigenvalue weighted by Gasteiger charge is -2.63. The molecule has 0 unspecified atom stereocenters. The molecule has 1 N–H and O–H groups in total. The summed E-state index contributed by atoms with van der Waals surface area (Å²) in [6.45, 7) is 6.78. The summed E-state index contributed by atoms with van der Waals surface area (Å²) in [5.41, 5.74) is -5.82. The summed E-state index contributed by atoms with van der Waals surface area (Å²) in [5.74, 6) is -2.62. The summed E-state index contributed by atoms with van der Waals surface area (Å²) in [5, 5.41) is 10.2. The number of aliphatic hydroxyl groups is 1. The van der Waals surface area contributed by atoms with Gasteiger partial charge in [0.15, 0.2) is 17.1 Å². The van der Waals surface area contributed by atoms with Crippen molar-refractivity contribution < 1.29 is 33.0 Å². The minimum Gasteiger partial charge on any atom is -0.449 e. The van der Waals surface area contributed by atoms with Crippen LogP contribution < -0.4 is 0 Å². The first-order valence-corrected chi connectivity index (χ1v) is 13.2. The van der Waals surface area contributed by atoms with E-state index in [9.17, 15) is 23.9 Å². The molecule has 4 aliphatic carbocycles. The zero-order chi connectivity index (χ0) is 25.3. The van der Waals surface area contributed by atoms with Gasteiger partial charge in [0.05, 0.1) is 11.5 Å². The Bertz CT molecular complexity index is 986. The van der Waals surface area contributed by atoms with Gasteiger partial charge in [-0.3, -0.25) is 14.4 Å². The van der Waals surface area contributed by atoms with Crippen molar-refractivity contribution in [3.05, 3.63) is 23.8 Å². The van der Waals surface area contributed by atoms with E-state index in [1.54, 1.807) is 27.7 Å². The normalized spacial score (nSPS) is 47.4. The molecule has 9 atom stereocenters. The van der Waals surface area contributed by atoms with E-state index < -0.39 is 68.4 Å². The van der Waals surface area contributed by atoms with E-state index in [1.807, 2.05) is 0 Å². The van der Waals surface area contributed by atoms with Crippen molar-refractivity contribution in [2.24, 2.45) is 28.6 Å². The van der Waals surface area contributed by atoms with Gasteiger partial charge in [-0.1, -0.05) is 26.8 Å². The van der Waals surface area contributed by atoms with E-state index in [1.165, 1.54) is 18.2 Å². The lowest BCUT2D eigenvalue weighted by atomic mass is 9.44. The van der Waals surface area contributed by atoms with Crippen LogP contribution in [0.15, 0.2) is 23.8 Å². The number of fused-ring (bicyclic) bond motifs is 5. The van der Waals surface area contributed by atoms with Crippen LogP contribution in [0.4, 0.5) is 8.78 Å². The fourth-order valence-electron chi connectivity index (χ4n) is 7.63. The molecule has 0 heterocycles. The van der Waals surface area contributed by atoms with Gasteiger partial charge in [-0.15, -0.1) is 11.6 Å². The quantitative estimate of drug-likeness (QED) is 0.431. The molecule has 4 aliphatic rings. The number of ketones is 1. The lowest BCUT2D eigenvalue weighted by Crippen LogP contribution is -2.70. The van der Waals surface area contributed by atoms with E-state index in [4.69, 9.17) is 16.3 Å². The third-order valence-electron chi connectivity index (χ3n) is 9.22. The van der Waals surface area contributed by atoms with Crippen LogP contribution in [-0.2, 0) is 19.1 Å². The van der Waals surface area contributed by atoms with Crippen LogP contribution in [0.25, 0.3) is 0 Å². The van der Waals surface area contributed by atoms with E-state index in [0.29, 0.717) is 23.8 Å². The molecule has 0 aromatic carbocycles. The molecule has 0 saturated heterocycles. The molecule has 0 aromatic rings. The number of aliphatic hydroxyl groups excluding tert-OH is 1. The number of thioether (sulfide) groups is 1. The second-order valence-electron chi connectivity index (χ2n) is 10.6. The molecule has 34 heavy (non-hydrogen) atoms. The average molecular weight is 517 g/mol. The van der Waals surface area contributed by atoms with Crippen LogP contribution in [0.5, 0.6) is 0 Å². The summed E-state index contributed by atoms with van der Waals surface area (Å²) in [6, 6.07) is -0.981. The maximum atomic E-state index is 17.3. The zero-order valence-corrected chi connectivity index (χ0v) is 21.3. The monoisotopic (exact) mass is 516 g/mol. The molecule has 3 saturated carbocycles. The van der Waals surface area contributed by atoms with Crippen molar-refractivity contribution in [2.45, 2.75) is 76.1 Å². The highest BCUT2D eigenvalue weighted by atomic mass is 35.5. The Labute approximate surface area is 207 Å². The molecule has 5 nitrogen and oxygen atoms in total. The number of carbonyl (C=O) groups is 3. The number of allylic oxidation sites excluding steroid dienone is 4. The predicted molar refractivity (Wildman–Crippen MR) is 126 cm³/mol. The molecule has 0 aliphatic heterocycles. The van der Waals surface area contributed by atoms with Crippen molar-refractivity contribution in [3.63, 3.8) is 0 Å². The van der Waals surface area contributed by atoms with Gasteiger partial charge in [-0.05, 0) is 61.6 Å². The maximum absolute atomic E-state index is 17.3. The molecule has 9 heteroatoms. The molecule has 0 aromatic heterocycles. The number of halogens is 3. The maximum Gasteiger partial charge on any atom is 0.306 e. The van der Waals surface area contributed by atoms with Gasteiger partial charge in [-0.2, -0.15) is 0 Å². The molecule has 188 valence electrons. The average Bonchev–Trinajstić information content (AvgIpc) is 2.99. The predicted octanol–water partition coefficient (Wildman–Crippen LogP) is 4.70. The summed E-state index contributed by atoms with van der Waals surface area (Å²) < 4.78 is 36.5. The van der Waals surface area contributed by atoms with Gasteiger partial charge in [0.2, 0.25) is 5.12 Å². The first-order chi connectivity index (χ1) is 15.8. The lowest BCUT2D eigenvalue weighted by molar-refractivity contribution is -0.224. The molecular weight excluding hydrogens is 486 g/mol. The fourth-order valence-corrected chi connectivity index (χ4v) is 8.90. The molecule has 0 amide bonds. The van der Waals surface area contributed by atoms with E-state index >= 15 is 4.39 Å². The Hall–Kier alpha value is -1.25. The minimum absolute atomic E-state index is 0.0244. The van der Waals surface area contributed by atoms with E-state index in [-0.39, 0.29) is 25.0 Å². The SMILES string of the molecule is CCC(=O)O[C@]1(C(=O)SCF)[C@H](C)C[C@H]2[C@@H]3C[C@H](Cl)C4=CC(=O)C=C[C@]4(C)[C@@]3(F)[C@@H](O)C[C@@]21C. The molecular formula is C25H31ClF2O5S. The summed E-state index contributed by atoms with van der Waals surface area (Å²) in [6.07, 6.45) is 3.04. The Morgan fingerprint density at radius 3 is 2.59 bits per heavy atom. The van der Waals surface area contributed by atoms with Crippen molar-refractivity contribution in [1.82, 2.24) is 0 Å². The van der Waals surface area contributed by atoms with Crippen molar-refractivity contribution >= 4 is 40.2 Å². The number of ether oxygens (including phenoxy) is 1. The smallest absolute Gasteiger partial charge is 0.306 e. The van der Waals surface area contributed by atoms with Crippen LogP contribution in [0, 0.1) is 28.6 Å². The third kappa shape index (κ3) is 3.10. The second-order valence-corrected chi connectivity index (χ2v) is 12.0. The Morgan fingerprint density at radius 2 is 1.97 bits per heavy atom. The molecule has 0 bridgehead atoms. The standard InChI is InChI=1S/C25H31ClF2O5S/c1-5-20(31)33-25(21(32)34-12-27)13(2)8-15-16-10-18(26)17-9-14(29)6-7-22(17,3)24(16,28)19(30)11-23(15,25)4/h6-7,9,13,15-16,18-19,30H,5,8,10-12H2,1-4H3/t13-,15+,16+,18+,19+,22+,23+,24+,25+/m1/s1. The van der Waals surface area contributed by atoms with Crippen molar-refractivity contribution in [1.29, 1.82) is 0 Å². The minimum atomic E-state index is -2.15. The first kappa shape index (κ1) is 25.8. The summed E-state index contributed by atoms with van der Waals surface area (Å²) in [7, 11) is 0. The van der Waals surface area contributed by atoms with E-state index in [0.717, 1.165) is 0 Å². The topological polar surface area (TPSA) is 80.7 Å². The Morgan fingerprint density at radius 1 is 1.29 bits per heavy atom. The molecule has 4 rings (SSSR count). The number of alkyl halides is 3. The van der Waals surface area contributed by atoms with Crippen LogP contribution in [-0.4, -0.2) is 50.7 Å². The number of esters is 1. The number of carbonyl (C=O) groups excluding carboxylic acids is 3. The molecule has 3 fully saturated rings.